The molecule has 3 atom stereocenters. The fourth-order valence-corrected chi connectivity index (χ4v) is 4.05. The van der Waals surface area contributed by atoms with E-state index >= 15 is 0 Å². The Morgan fingerprint density at radius 2 is 2.00 bits per heavy atom. The SMILES string of the molecule is O=C1NC2CCC(OCCNc3ncccc3C(=O)NCc3ccc(F)c(F)c3)CC2N1. The summed E-state index contributed by atoms with van der Waals surface area (Å²) in [5.74, 6) is -1.86. The first kappa shape index (κ1) is 21.9. The number of hydrogen-bond donors (Lipinski definition) is 4. The van der Waals surface area contributed by atoms with Crippen LogP contribution in [0.1, 0.15) is 35.2 Å². The molecule has 2 aromatic rings. The average molecular weight is 445 g/mol. The van der Waals surface area contributed by atoms with E-state index in [0.29, 0.717) is 30.1 Å². The number of benzene rings is 1. The van der Waals surface area contributed by atoms with Crippen molar-refractivity contribution in [3.8, 4) is 0 Å². The fraction of sp³-hybridized carbons (Fsp3) is 0.409. The second-order valence-corrected chi connectivity index (χ2v) is 7.89. The van der Waals surface area contributed by atoms with E-state index in [1.165, 1.54) is 6.07 Å². The molecule has 0 radical (unpaired) electrons. The van der Waals surface area contributed by atoms with E-state index in [9.17, 15) is 18.4 Å². The zero-order valence-corrected chi connectivity index (χ0v) is 17.4. The minimum atomic E-state index is -0.958. The van der Waals surface area contributed by atoms with Gasteiger partial charge in [-0.05, 0) is 49.1 Å². The number of carbonyl (C=O) groups is 2. The Bertz CT molecular complexity index is 990. The molecule has 1 saturated carbocycles. The van der Waals surface area contributed by atoms with Crippen LogP contribution in [-0.2, 0) is 11.3 Å². The number of fused-ring (bicyclic) bond motifs is 1. The Morgan fingerprint density at radius 3 is 2.84 bits per heavy atom. The van der Waals surface area contributed by atoms with Gasteiger partial charge in [0, 0.05) is 19.3 Å². The molecule has 1 aliphatic carbocycles. The first-order valence-electron chi connectivity index (χ1n) is 10.6. The Kier molecular flexibility index (Phi) is 6.79. The summed E-state index contributed by atoms with van der Waals surface area (Å²) in [5.41, 5.74) is 0.794. The van der Waals surface area contributed by atoms with Gasteiger partial charge >= 0.3 is 6.03 Å². The highest BCUT2D eigenvalue weighted by atomic mass is 19.2. The number of carbonyl (C=O) groups excluding carboxylic acids is 2. The van der Waals surface area contributed by atoms with Gasteiger partial charge in [0.25, 0.3) is 5.91 Å². The molecule has 0 bridgehead atoms. The molecule has 2 heterocycles. The number of hydrogen-bond acceptors (Lipinski definition) is 5. The molecule has 8 nitrogen and oxygen atoms in total. The van der Waals surface area contributed by atoms with Gasteiger partial charge in [-0.2, -0.15) is 0 Å². The molecule has 1 aromatic carbocycles. The smallest absolute Gasteiger partial charge is 0.315 e. The third-order valence-electron chi connectivity index (χ3n) is 5.67. The number of ether oxygens (including phenoxy) is 1. The van der Waals surface area contributed by atoms with E-state index in [1.54, 1.807) is 18.3 Å². The number of nitrogens with zero attached hydrogens (tertiary/aromatic N) is 1. The molecule has 3 amide bonds. The highest BCUT2D eigenvalue weighted by Gasteiger charge is 2.37. The summed E-state index contributed by atoms with van der Waals surface area (Å²) in [6.45, 7) is 0.939. The molecule has 2 aliphatic rings. The zero-order valence-electron chi connectivity index (χ0n) is 17.4. The quantitative estimate of drug-likeness (QED) is 0.467. The van der Waals surface area contributed by atoms with Crippen LogP contribution in [-0.4, -0.2) is 48.3 Å². The van der Waals surface area contributed by atoms with Crippen LogP contribution in [0.25, 0.3) is 0 Å². The van der Waals surface area contributed by atoms with Crippen LogP contribution in [0.4, 0.5) is 19.4 Å². The summed E-state index contributed by atoms with van der Waals surface area (Å²) >= 11 is 0. The Labute approximate surface area is 184 Å². The number of nitrogens with one attached hydrogen (secondary N) is 4. The topological polar surface area (TPSA) is 104 Å². The molecule has 4 N–H and O–H groups in total. The van der Waals surface area contributed by atoms with E-state index in [4.69, 9.17) is 4.74 Å². The molecule has 2 fully saturated rings. The molecule has 32 heavy (non-hydrogen) atoms. The van der Waals surface area contributed by atoms with Gasteiger partial charge in [-0.25, -0.2) is 18.6 Å². The molecule has 0 spiro atoms. The maximum atomic E-state index is 13.3. The fourth-order valence-electron chi connectivity index (χ4n) is 4.05. The number of aromatic nitrogens is 1. The van der Waals surface area contributed by atoms with Crippen molar-refractivity contribution < 1.29 is 23.1 Å². The summed E-state index contributed by atoms with van der Waals surface area (Å²) in [7, 11) is 0. The molecular formula is C22H25F2N5O3. The van der Waals surface area contributed by atoms with E-state index in [1.807, 2.05) is 0 Å². The van der Waals surface area contributed by atoms with E-state index in [-0.39, 0.29) is 36.7 Å². The van der Waals surface area contributed by atoms with Gasteiger partial charge in [-0.3, -0.25) is 4.79 Å². The highest BCUT2D eigenvalue weighted by molar-refractivity contribution is 5.98. The van der Waals surface area contributed by atoms with Crippen LogP contribution in [0.3, 0.4) is 0 Å². The number of urea groups is 1. The van der Waals surface area contributed by atoms with Crippen molar-refractivity contribution in [2.24, 2.45) is 0 Å². The van der Waals surface area contributed by atoms with Gasteiger partial charge in [0.1, 0.15) is 5.82 Å². The summed E-state index contributed by atoms with van der Waals surface area (Å²) in [4.78, 5) is 28.2. The normalized spacial score (nSPS) is 21.9. The molecular weight excluding hydrogens is 420 g/mol. The van der Waals surface area contributed by atoms with Gasteiger partial charge in [-0.15, -0.1) is 0 Å². The van der Waals surface area contributed by atoms with Crippen molar-refractivity contribution in [3.63, 3.8) is 0 Å². The van der Waals surface area contributed by atoms with Crippen molar-refractivity contribution in [2.45, 2.75) is 44.0 Å². The Hall–Kier alpha value is -3.27. The van der Waals surface area contributed by atoms with E-state index in [2.05, 4.69) is 26.3 Å². The lowest BCUT2D eigenvalue weighted by molar-refractivity contribution is 0.0245. The minimum Gasteiger partial charge on any atom is -0.376 e. The van der Waals surface area contributed by atoms with Gasteiger partial charge in [0.15, 0.2) is 11.6 Å². The second kappa shape index (κ2) is 9.90. The van der Waals surface area contributed by atoms with Crippen LogP contribution >= 0.6 is 0 Å². The van der Waals surface area contributed by atoms with Gasteiger partial charge < -0.3 is 26.0 Å². The first-order chi connectivity index (χ1) is 15.5. The number of rotatable bonds is 8. The molecule has 1 saturated heterocycles. The molecule has 3 unspecified atom stereocenters. The maximum Gasteiger partial charge on any atom is 0.315 e. The molecule has 1 aromatic heterocycles. The number of pyridine rings is 1. The monoisotopic (exact) mass is 445 g/mol. The van der Waals surface area contributed by atoms with Crippen LogP contribution in [0.2, 0.25) is 0 Å². The summed E-state index contributed by atoms with van der Waals surface area (Å²) < 4.78 is 32.3. The van der Waals surface area contributed by atoms with E-state index in [0.717, 1.165) is 31.4 Å². The molecule has 10 heteroatoms. The third-order valence-corrected chi connectivity index (χ3v) is 5.67. The highest BCUT2D eigenvalue weighted by Crippen LogP contribution is 2.24. The third kappa shape index (κ3) is 5.31. The first-order valence-corrected chi connectivity index (χ1v) is 10.6. The van der Waals surface area contributed by atoms with Crippen LogP contribution in [0.5, 0.6) is 0 Å². The van der Waals surface area contributed by atoms with Crippen molar-refractivity contribution in [1.29, 1.82) is 0 Å². The average Bonchev–Trinajstić information content (AvgIpc) is 3.17. The second-order valence-electron chi connectivity index (χ2n) is 7.89. The van der Waals surface area contributed by atoms with Crippen LogP contribution < -0.4 is 21.3 Å². The lowest BCUT2D eigenvalue weighted by Gasteiger charge is -2.30. The lowest BCUT2D eigenvalue weighted by atomic mass is 9.89. The lowest BCUT2D eigenvalue weighted by Crippen LogP contribution is -2.42. The molecule has 170 valence electrons. The zero-order chi connectivity index (χ0) is 22.5. The predicted octanol–water partition coefficient (Wildman–Crippen LogP) is 2.32. The van der Waals surface area contributed by atoms with Gasteiger partial charge in [0.05, 0.1) is 30.4 Å². The maximum absolute atomic E-state index is 13.3. The molecule has 1 aliphatic heterocycles. The molecule has 4 rings (SSSR count). The van der Waals surface area contributed by atoms with Crippen LogP contribution in [0.15, 0.2) is 36.5 Å². The van der Waals surface area contributed by atoms with Crippen molar-refractivity contribution in [3.05, 3.63) is 59.3 Å². The minimum absolute atomic E-state index is 0.0582. The number of amides is 3. The Balaban J connectivity index is 1.24. The van der Waals surface area contributed by atoms with Gasteiger partial charge in [0.2, 0.25) is 0 Å². The predicted molar refractivity (Wildman–Crippen MR) is 113 cm³/mol. The number of halogens is 2. The standard InChI is InChI=1S/C22H25F2N5O3/c23-16-5-3-13(10-17(16)24)12-27-21(30)15-2-1-7-25-20(15)26-8-9-32-14-4-6-18-19(11-14)29-22(31)28-18/h1-3,5,7,10,14,18-19H,4,6,8-9,11-12H2,(H,25,26)(H,27,30)(H2,28,29,31). The number of anilines is 1. The Morgan fingerprint density at radius 1 is 1.16 bits per heavy atom. The van der Waals surface area contributed by atoms with Crippen molar-refractivity contribution in [2.75, 3.05) is 18.5 Å². The summed E-state index contributed by atoms with van der Waals surface area (Å²) in [6, 6.07) is 6.95. The van der Waals surface area contributed by atoms with Gasteiger partial charge in [-0.1, -0.05) is 6.07 Å². The van der Waals surface area contributed by atoms with E-state index < -0.39 is 11.6 Å². The largest absolute Gasteiger partial charge is 0.376 e. The summed E-state index contributed by atoms with van der Waals surface area (Å²) in [6.07, 6.45) is 4.17. The van der Waals surface area contributed by atoms with Crippen molar-refractivity contribution in [1.82, 2.24) is 20.9 Å². The van der Waals surface area contributed by atoms with Crippen LogP contribution in [0, 0.1) is 11.6 Å². The summed E-state index contributed by atoms with van der Waals surface area (Å²) in [5, 5.41) is 11.6. The van der Waals surface area contributed by atoms with Crippen molar-refractivity contribution >= 4 is 17.8 Å².